The SMILES string of the molecule is Cc1ccccc1NP1(=O)C=C(c2ccccc2)OC(c2ccccc2)=C1. The average molecular weight is 373 g/mol. The van der Waals surface area contributed by atoms with E-state index in [1.165, 1.54) is 0 Å². The molecule has 0 radical (unpaired) electrons. The Balaban J connectivity index is 1.79. The molecule has 1 aliphatic heterocycles. The topological polar surface area (TPSA) is 38.3 Å². The molecule has 3 aromatic carbocycles. The van der Waals surface area contributed by atoms with Crippen LogP contribution in [0.15, 0.2) is 96.6 Å². The fraction of sp³-hybridized carbons (Fsp3) is 0.0435. The van der Waals surface area contributed by atoms with Crippen LogP contribution in [0.1, 0.15) is 16.7 Å². The standard InChI is InChI=1S/C23H20NO2P/c1-18-10-8-9-15-21(18)24-27(25)16-22(19-11-4-2-5-12-19)26-23(17-27)20-13-6-3-7-14-20/h2-17H,1H3,(H,24,25). The van der Waals surface area contributed by atoms with Gasteiger partial charge in [0, 0.05) is 28.4 Å². The number of hydrogen-bond acceptors (Lipinski definition) is 2. The van der Waals surface area contributed by atoms with Gasteiger partial charge in [0.1, 0.15) is 11.5 Å². The number of nitrogens with one attached hydrogen (secondary N) is 1. The van der Waals surface area contributed by atoms with Crippen molar-refractivity contribution in [1.82, 2.24) is 0 Å². The third kappa shape index (κ3) is 3.89. The van der Waals surface area contributed by atoms with E-state index in [0.29, 0.717) is 11.5 Å². The molecule has 4 rings (SSSR count). The fourth-order valence-electron chi connectivity index (χ4n) is 2.98. The lowest BCUT2D eigenvalue weighted by Gasteiger charge is -2.24. The second-order valence-electron chi connectivity index (χ2n) is 6.46. The summed E-state index contributed by atoms with van der Waals surface area (Å²) in [5, 5.41) is 3.25. The second kappa shape index (κ2) is 7.30. The summed E-state index contributed by atoms with van der Waals surface area (Å²) in [5.41, 5.74) is 3.69. The summed E-state index contributed by atoms with van der Waals surface area (Å²) in [5.74, 6) is 4.62. The lowest BCUT2D eigenvalue weighted by molar-refractivity contribution is 0.469. The van der Waals surface area contributed by atoms with Crippen molar-refractivity contribution in [2.75, 3.05) is 5.09 Å². The van der Waals surface area contributed by atoms with E-state index in [4.69, 9.17) is 4.74 Å². The van der Waals surface area contributed by atoms with Crippen molar-refractivity contribution in [2.24, 2.45) is 0 Å². The van der Waals surface area contributed by atoms with Crippen LogP contribution in [0.4, 0.5) is 5.69 Å². The molecule has 1 heterocycles. The van der Waals surface area contributed by atoms with E-state index in [-0.39, 0.29) is 0 Å². The van der Waals surface area contributed by atoms with E-state index in [1.54, 1.807) is 11.6 Å². The van der Waals surface area contributed by atoms with Gasteiger partial charge in [0.25, 0.3) is 0 Å². The van der Waals surface area contributed by atoms with Crippen molar-refractivity contribution >= 4 is 24.5 Å². The van der Waals surface area contributed by atoms with E-state index >= 15 is 0 Å². The van der Waals surface area contributed by atoms with E-state index in [0.717, 1.165) is 22.4 Å². The van der Waals surface area contributed by atoms with Crippen LogP contribution < -0.4 is 5.09 Å². The summed E-state index contributed by atoms with van der Waals surface area (Å²) in [6.07, 6.45) is 0. The molecule has 0 aromatic heterocycles. The predicted octanol–water partition coefficient (Wildman–Crippen LogP) is 6.71. The van der Waals surface area contributed by atoms with Gasteiger partial charge in [0.05, 0.1) is 0 Å². The minimum Gasteiger partial charge on any atom is -0.456 e. The zero-order valence-corrected chi connectivity index (χ0v) is 15.9. The molecule has 3 nitrogen and oxygen atoms in total. The average Bonchev–Trinajstić information content (AvgIpc) is 2.70. The minimum absolute atomic E-state index is 0.598. The Morgan fingerprint density at radius 2 is 1.19 bits per heavy atom. The van der Waals surface area contributed by atoms with Gasteiger partial charge >= 0.3 is 0 Å². The van der Waals surface area contributed by atoms with E-state index in [1.807, 2.05) is 91.9 Å². The quantitative estimate of drug-likeness (QED) is 0.516. The molecule has 27 heavy (non-hydrogen) atoms. The van der Waals surface area contributed by atoms with Crippen LogP contribution in [0, 0.1) is 6.92 Å². The summed E-state index contributed by atoms with van der Waals surface area (Å²) in [7, 11) is -3.00. The molecule has 1 aliphatic rings. The minimum atomic E-state index is -3.00. The first-order valence-electron chi connectivity index (χ1n) is 8.81. The molecule has 4 heteroatoms. The van der Waals surface area contributed by atoms with Crippen molar-refractivity contribution < 1.29 is 9.30 Å². The molecule has 0 saturated carbocycles. The third-order valence-corrected chi connectivity index (χ3v) is 6.22. The maximum atomic E-state index is 13.8. The van der Waals surface area contributed by atoms with Crippen LogP contribution in [-0.4, -0.2) is 0 Å². The Morgan fingerprint density at radius 1 is 0.704 bits per heavy atom. The van der Waals surface area contributed by atoms with Gasteiger partial charge in [0.15, 0.2) is 0 Å². The van der Waals surface area contributed by atoms with Crippen LogP contribution in [0.5, 0.6) is 0 Å². The van der Waals surface area contributed by atoms with Crippen molar-refractivity contribution in [3.63, 3.8) is 0 Å². The van der Waals surface area contributed by atoms with Gasteiger partial charge < -0.3 is 9.82 Å². The number of aryl methyl sites for hydroxylation is 1. The Kier molecular flexibility index (Phi) is 4.70. The lowest BCUT2D eigenvalue weighted by atomic mass is 10.2. The fourth-order valence-corrected chi connectivity index (χ4v) is 4.91. The van der Waals surface area contributed by atoms with Gasteiger partial charge in [-0.2, -0.15) is 0 Å². The highest BCUT2D eigenvalue weighted by Gasteiger charge is 2.27. The number of hydrogen-bond donors (Lipinski definition) is 1. The van der Waals surface area contributed by atoms with Gasteiger partial charge in [0.2, 0.25) is 7.29 Å². The van der Waals surface area contributed by atoms with Crippen LogP contribution in [0.2, 0.25) is 0 Å². The predicted molar refractivity (Wildman–Crippen MR) is 112 cm³/mol. The van der Waals surface area contributed by atoms with Gasteiger partial charge in [-0.1, -0.05) is 78.9 Å². The highest BCUT2D eigenvalue weighted by Crippen LogP contribution is 2.56. The zero-order chi connectivity index (χ0) is 18.7. The molecule has 0 atom stereocenters. The Morgan fingerprint density at radius 3 is 1.70 bits per heavy atom. The van der Waals surface area contributed by atoms with Crippen molar-refractivity contribution in [3.8, 4) is 0 Å². The second-order valence-corrected chi connectivity index (χ2v) is 8.62. The molecular formula is C23H20NO2P. The molecule has 0 unspecified atom stereocenters. The number of benzene rings is 3. The number of ether oxygens (including phenoxy) is 1. The first-order chi connectivity index (χ1) is 13.1. The van der Waals surface area contributed by atoms with E-state index in [2.05, 4.69) is 5.09 Å². The van der Waals surface area contributed by atoms with Gasteiger partial charge in [-0.3, -0.25) is 4.57 Å². The first kappa shape index (κ1) is 17.4. The highest BCUT2D eigenvalue weighted by molar-refractivity contribution is 7.72. The zero-order valence-electron chi connectivity index (χ0n) is 15.0. The van der Waals surface area contributed by atoms with Gasteiger partial charge in [-0.15, -0.1) is 0 Å². The number of anilines is 1. The third-order valence-electron chi connectivity index (χ3n) is 4.39. The normalized spacial score (nSPS) is 15.3. The van der Waals surface area contributed by atoms with E-state index in [9.17, 15) is 4.57 Å². The van der Waals surface area contributed by atoms with Crippen LogP contribution >= 0.6 is 7.29 Å². The molecule has 1 N–H and O–H groups in total. The van der Waals surface area contributed by atoms with Gasteiger partial charge in [-0.25, -0.2) is 0 Å². The molecule has 3 aromatic rings. The van der Waals surface area contributed by atoms with Crippen LogP contribution in [0.3, 0.4) is 0 Å². The van der Waals surface area contributed by atoms with Crippen LogP contribution in [0.25, 0.3) is 11.5 Å². The van der Waals surface area contributed by atoms with Crippen molar-refractivity contribution in [1.29, 1.82) is 0 Å². The molecule has 0 fully saturated rings. The Bertz CT molecular complexity index is 997. The summed E-state index contributed by atoms with van der Waals surface area (Å²) >= 11 is 0. The van der Waals surface area contributed by atoms with E-state index < -0.39 is 7.29 Å². The summed E-state index contributed by atoms with van der Waals surface area (Å²) < 4.78 is 19.9. The largest absolute Gasteiger partial charge is 0.456 e. The van der Waals surface area contributed by atoms with Crippen molar-refractivity contribution in [3.05, 3.63) is 113 Å². The molecule has 0 aliphatic carbocycles. The summed E-state index contributed by atoms with van der Waals surface area (Å²) in [6, 6.07) is 27.3. The molecule has 0 amide bonds. The number of rotatable bonds is 4. The summed E-state index contributed by atoms with van der Waals surface area (Å²) in [4.78, 5) is 0. The molecule has 0 bridgehead atoms. The highest BCUT2D eigenvalue weighted by atomic mass is 31.2. The van der Waals surface area contributed by atoms with Gasteiger partial charge in [-0.05, 0) is 18.6 Å². The van der Waals surface area contributed by atoms with Crippen LogP contribution in [-0.2, 0) is 9.30 Å². The first-order valence-corrected chi connectivity index (χ1v) is 10.7. The maximum absolute atomic E-state index is 13.8. The van der Waals surface area contributed by atoms with Crippen molar-refractivity contribution in [2.45, 2.75) is 6.92 Å². The molecule has 0 spiro atoms. The lowest BCUT2D eigenvalue weighted by Crippen LogP contribution is -2.03. The maximum Gasteiger partial charge on any atom is 0.220 e. The molecular weight excluding hydrogens is 353 g/mol. The smallest absolute Gasteiger partial charge is 0.220 e. The molecule has 134 valence electrons. The Labute approximate surface area is 159 Å². The number of para-hydroxylation sites is 1. The summed E-state index contributed by atoms with van der Waals surface area (Å²) in [6.45, 7) is 2.00. The Hall–Kier alpha value is -3.03. The molecule has 0 saturated heterocycles. The monoisotopic (exact) mass is 373 g/mol.